The summed E-state index contributed by atoms with van der Waals surface area (Å²) in [6.07, 6.45) is 5.59. The minimum atomic E-state index is -0.139. The van der Waals surface area contributed by atoms with Crippen molar-refractivity contribution < 1.29 is 14.3 Å². The summed E-state index contributed by atoms with van der Waals surface area (Å²) in [4.78, 5) is 36.4. The van der Waals surface area contributed by atoms with Gasteiger partial charge in [0, 0.05) is 38.6 Å². The average Bonchev–Trinajstić information content (AvgIpc) is 2.95. The van der Waals surface area contributed by atoms with Crippen molar-refractivity contribution in [3.63, 3.8) is 0 Å². The SMILES string of the molecule is O=C(CCOc1ccccc1)N1CCCN(C(=O)c2cnccn2)CC1. The summed E-state index contributed by atoms with van der Waals surface area (Å²) >= 11 is 0. The van der Waals surface area contributed by atoms with Gasteiger partial charge in [0.15, 0.2) is 0 Å². The van der Waals surface area contributed by atoms with Crippen LogP contribution in [0.15, 0.2) is 48.9 Å². The van der Waals surface area contributed by atoms with E-state index in [-0.39, 0.29) is 11.8 Å². The van der Waals surface area contributed by atoms with Gasteiger partial charge >= 0.3 is 0 Å². The quantitative estimate of drug-likeness (QED) is 0.816. The molecule has 1 aromatic heterocycles. The smallest absolute Gasteiger partial charge is 0.274 e. The summed E-state index contributed by atoms with van der Waals surface area (Å²) in [6.45, 7) is 2.63. The van der Waals surface area contributed by atoms with Crippen LogP contribution in [0.4, 0.5) is 0 Å². The van der Waals surface area contributed by atoms with Crippen LogP contribution in [0.1, 0.15) is 23.3 Å². The van der Waals surface area contributed by atoms with Gasteiger partial charge in [-0.1, -0.05) is 18.2 Å². The summed E-state index contributed by atoms with van der Waals surface area (Å²) in [5.74, 6) is 0.673. The highest BCUT2D eigenvalue weighted by molar-refractivity contribution is 5.92. The molecule has 1 fully saturated rings. The zero-order valence-corrected chi connectivity index (χ0v) is 14.6. The van der Waals surface area contributed by atoms with Crippen LogP contribution in [0.2, 0.25) is 0 Å². The molecule has 26 heavy (non-hydrogen) atoms. The molecular formula is C19H22N4O3. The number of hydrogen-bond acceptors (Lipinski definition) is 5. The summed E-state index contributed by atoms with van der Waals surface area (Å²) in [7, 11) is 0. The molecule has 1 saturated heterocycles. The first-order valence-corrected chi connectivity index (χ1v) is 8.75. The minimum absolute atomic E-state index is 0.0507. The lowest BCUT2D eigenvalue weighted by Crippen LogP contribution is -2.38. The molecule has 136 valence electrons. The van der Waals surface area contributed by atoms with Crippen molar-refractivity contribution in [2.75, 3.05) is 32.8 Å². The van der Waals surface area contributed by atoms with Crippen molar-refractivity contribution in [1.82, 2.24) is 19.8 Å². The predicted molar refractivity (Wildman–Crippen MR) is 95.7 cm³/mol. The molecule has 0 bridgehead atoms. The van der Waals surface area contributed by atoms with Crippen molar-refractivity contribution in [3.05, 3.63) is 54.6 Å². The maximum atomic E-state index is 12.5. The van der Waals surface area contributed by atoms with E-state index < -0.39 is 0 Å². The van der Waals surface area contributed by atoms with Gasteiger partial charge in [0.25, 0.3) is 5.91 Å². The number of aromatic nitrogens is 2. The number of nitrogens with zero attached hydrogens (tertiary/aromatic N) is 4. The lowest BCUT2D eigenvalue weighted by molar-refractivity contribution is -0.131. The van der Waals surface area contributed by atoms with Crippen LogP contribution in [0, 0.1) is 0 Å². The fourth-order valence-corrected chi connectivity index (χ4v) is 2.87. The highest BCUT2D eigenvalue weighted by atomic mass is 16.5. The van der Waals surface area contributed by atoms with Gasteiger partial charge in [-0.15, -0.1) is 0 Å². The Balaban J connectivity index is 1.47. The van der Waals surface area contributed by atoms with E-state index in [4.69, 9.17) is 4.74 Å². The molecule has 7 heteroatoms. The Bertz CT molecular complexity index is 724. The fourth-order valence-electron chi connectivity index (χ4n) is 2.87. The number of para-hydroxylation sites is 1. The van der Waals surface area contributed by atoms with Crippen molar-refractivity contribution in [2.24, 2.45) is 0 Å². The van der Waals surface area contributed by atoms with Crippen LogP contribution in [0.5, 0.6) is 5.75 Å². The second kappa shape index (κ2) is 8.94. The average molecular weight is 354 g/mol. The summed E-state index contributed by atoms with van der Waals surface area (Å²) in [5.41, 5.74) is 0.337. The predicted octanol–water partition coefficient (Wildman–Crippen LogP) is 1.62. The molecule has 1 aliphatic heterocycles. The van der Waals surface area contributed by atoms with Gasteiger partial charge in [-0.05, 0) is 18.6 Å². The molecule has 1 aromatic carbocycles. The number of ether oxygens (including phenoxy) is 1. The molecule has 0 N–H and O–H groups in total. The van der Waals surface area contributed by atoms with E-state index in [0.29, 0.717) is 44.9 Å². The highest BCUT2D eigenvalue weighted by Gasteiger charge is 2.23. The first kappa shape index (κ1) is 17.8. The minimum Gasteiger partial charge on any atom is -0.493 e. The van der Waals surface area contributed by atoms with Crippen LogP contribution < -0.4 is 4.74 Å². The van der Waals surface area contributed by atoms with E-state index >= 15 is 0 Å². The summed E-state index contributed by atoms with van der Waals surface area (Å²) < 4.78 is 5.59. The molecule has 7 nitrogen and oxygen atoms in total. The molecule has 2 amide bonds. The molecule has 2 heterocycles. The Kier molecular flexibility index (Phi) is 6.14. The lowest BCUT2D eigenvalue weighted by atomic mass is 10.3. The summed E-state index contributed by atoms with van der Waals surface area (Å²) in [5, 5.41) is 0. The van der Waals surface area contributed by atoms with E-state index in [2.05, 4.69) is 9.97 Å². The molecule has 0 radical (unpaired) electrons. The highest BCUT2D eigenvalue weighted by Crippen LogP contribution is 2.11. The Labute approximate surface area is 152 Å². The maximum absolute atomic E-state index is 12.5. The van der Waals surface area contributed by atoms with Crippen LogP contribution in [-0.4, -0.2) is 64.4 Å². The topological polar surface area (TPSA) is 75.6 Å². The molecule has 0 unspecified atom stereocenters. The first-order valence-electron chi connectivity index (χ1n) is 8.75. The van der Waals surface area contributed by atoms with Gasteiger partial charge in [-0.25, -0.2) is 4.98 Å². The third-order valence-electron chi connectivity index (χ3n) is 4.25. The standard InChI is InChI=1S/C19H22N4O3/c24-18(7-14-26-16-5-2-1-3-6-16)22-10-4-11-23(13-12-22)19(25)17-15-20-8-9-21-17/h1-3,5-6,8-9,15H,4,7,10-14H2. The Morgan fingerprint density at radius 2 is 1.77 bits per heavy atom. The maximum Gasteiger partial charge on any atom is 0.274 e. The first-order chi connectivity index (χ1) is 12.7. The van der Waals surface area contributed by atoms with Crippen LogP contribution in [0.3, 0.4) is 0 Å². The lowest BCUT2D eigenvalue weighted by Gasteiger charge is -2.22. The van der Waals surface area contributed by atoms with Crippen molar-refractivity contribution in [1.29, 1.82) is 0 Å². The van der Waals surface area contributed by atoms with Crippen LogP contribution in [-0.2, 0) is 4.79 Å². The molecule has 3 rings (SSSR count). The largest absolute Gasteiger partial charge is 0.493 e. The monoisotopic (exact) mass is 354 g/mol. The van der Waals surface area contributed by atoms with Crippen LogP contribution in [0.25, 0.3) is 0 Å². The normalized spacial score (nSPS) is 14.6. The van der Waals surface area contributed by atoms with Gasteiger partial charge < -0.3 is 14.5 Å². The Morgan fingerprint density at radius 3 is 2.54 bits per heavy atom. The molecule has 0 spiro atoms. The van der Waals surface area contributed by atoms with Gasteiger partial charge in [0.1, 0.15) is 11.4 Å². The van der Waals surface area contributed by atoms with Gasteiger partial charge in [-0.2, -0.15) is 0 Å². The van der Waals surface area contributed by atoms with E-state index in [1.165, 1.54) is 18.6 Å². The zero-order chi connectivity index (χ0) is 18.2. The number of hydrogen-bond donors (Lipinski definition) is 0. The molecule has 0 atom stereocenters. The Hall–Kier alpha value is -2.96. The van der Waals surface area contributed by atoms with E-state index in [9.17, 15) is 9.59 Å². The van der Waals surface area contributed by atoms with E-state index in [1.54, 1.807) is 9.80 Å². The second-order valence-electron chi connectivity index (χ2n) is 6.03. The van der Waals surface area contributed by atoms with E-state index in [0.717, 1.165) is 12.2 Å². The second-order valence-corrected chi connectivity index (χ2v) is 6.03. The van der Waals surface area contributed by atoms with Gasteiger partial charge in [0.2, 0.25) is 5.91 Å². The van der Waals surface area contributed by atoms with Crippen molar-refractivity contribution in [3.8, 4) is 5.75 Å². The molecule has 2 aromatic rings. The zero-order valence-electron chi connectivity index (χ0n) is 14.6. The van der Waals surface area contributed by atoms with Gasteiger partial charge in [0.05, 0.1) is 19.2 Å². The third kappa shape index (κ3) is 4.78. The Morgan fingerprint density at radius 1 is 1.00 bits per heavy atom. The molecule has 0 aliphatic carbocycles. The van der Waals surface area contributed by atoms with Crippen LogP contribution >= 0.6 is 0 Å². The van der Waals surface area contributed by atoms with E-state index in [1.807, 2.05) is 30.3 Å². The number of carbonyl (C=O) groups excluding carboxylic acids is 2. The van der Waals surface area contributed by atoms with Crippen molar-refractivity contribution >= 4 is 11.8 Å². The number of amides is 2. The summed E-state index contributed by atoms with van der Waals surface area (Å²) in [6, 6.07) is 9.45. The fraction of sp³-hybridized carbons (Fsp3) is 0.368. The number of carbonyl (C=O) groups is 2. The number of benzene rings is 1. The third-order valence-corrected chi connectivity index (χ3v) is 4.25. The van der Waals surface area contributed by atoms with Crippen molar-refractivity contribution in [2.45, 2.75) is 12.8 Å². The molecule has 0 saturated carbocycles. The molecule has 1 aliphatic rings. The van der Waals surface area contributed by atoms with Gasteiger partial charge in [-0.3, -0.25) is 14.6 Å². The molecular weight excluding hydrogens is 332 g/mol. The number of rotatable bonds is 5.